The molecule has 0 aliphatic rings. The first-order valence-electron chi connectivity index (χ1n) is 7.92. The Labute approximate surface area is 144 Å². The minimum absolute atomic E-state index is 0.0284. The van der Waals surface area contributed by atoms with Gasteiger partial charge in [-0.05, 0) is 41.7 Å². The fourth-order valence-corrected chi connectivity index (χ4v) is 4.18. The largest absolute Gasteiger partial charge is 0.507 e. The fourth-order valence-electron chi connectivity index (χ4n) is 2.68. The highest BCUT2D eigenvalue weighted by Crippen LogP contribution is 2.45. The van der Waals surface area contributed by atoms with E-state index in [4.69, 9.17) is 0 Å². The molecule has 2 rings (SSSR count). The van der Waals surface area contributed by atoms with Crippen LogP contribution in [-0.2, 0) is 16.1 Å². The maximum atomic E-state index is 12.8. The summed E-state index contributed by atoms with van der Waals surface area (Å²) < 4.78 is 12.8. The van der Waals surface area contributed by atoms with Gasteiger partial charge in [-0.1, -0.05) is 51.6 Å². The van der Waals surface area contributed by atoms with Gasteiger partial charge in [0.1, 0.15) is 5.75 Å². The van der Waals surface area contributed by atoms with Crippen LogP contribution >= 0.6 is 7.37 Å². The zero-order valence-electron chi connectivity index (χ0n) is 14.7. The summed E-state index contributed by atoms with van der Waals surface area (Å²) in [6.45, 7) is 11.7. The van der Waals surface area contributed by atoms with Gasteiger partial charge in [0.25, 0.3) is 0 Å². The first-order valence-corrected chi connectivity index (χ1v) is 9.76. The van der Waals surface area contributed by atoms with E-state index >= 15 is 0 Å². The maximum absolute atomic E-state index is 12.8. The van der Waals surface area contributed by atoms with Gasteiger partial charge in [0.2, 0.25) is 7.37 Å². The van der Waals surface area contributed by atoms with Crippen molar-refractivity contribution in [3.05, 3.63) is 65.7 Å². The van der Waals surface area contributed by atoms with Gasteiger partial charge in [-0.3, -0.25) is 4.57 Å². The minimum atomic E-state index is -3.52. The summed E-state index contributed by atoms with van der Waals surface area (Å²) in [5.41, 5.74) is 2.56. The summed E-state index contributed by atoms with van der Waals surface area (Å²) in [4.78, 5) is 10.5. The predicted octanol–water partition coefficient (Wildman–Crippen LogP) is 4.82. The third-order valence-corrected chi connectivity index (χ3v) is 5.89. The van der Waals surface area contributed by atoms with E-state index in [-0.39, 0.29) is 17.3 Å². The van der Waals surface area contributed by atoms with Crippen LogP contribution in [0.3, 0.4) is 0 Å². The molecule has 0 aromatic heterocycles. The molecular weight excluding hydrogens is 319 g/mol. The standard InChI is InChI=1S/C20H25O3P/c1-14(2)17-11-15(12-18(19(17)21)20(3,4)5)13-24(22,23)16-9-7-6-8-10-16/h6-12,21H,1,13H2,2-5H3,(H,22,23). The summed E-state index contributed by atoms with van der Waals surface area (Å²) in [7, 11) is -3.52. The Hall–Kier alpha value is -1.83. The summed E-state index contributed by atoms with van der Waals surface area (Å²) in [5.74, 6) is 0.200. The van der Waals surface area contributed by atoms with Gasteiger partial charge in [0.15, 0.2) is 0 Å². The molecule has 24 heavy (non-hydrogen) atoms. The predicted molar refractivity (Wildman–Crippen MR) is 101 cm³/mol. The Kier molecular flexibility index (Phi) is 5.08. The van der Waals surface area contributed by atoms with Gasteiger partial charge in [-0.2, -0.15) is 0 Å². The molecule has 0 aliphatic heterocycles. The van der Waals surface area contributed by atoms with Crippen LogP contribution in [0.5, 0.6) is 5.75 Å². The Morgan fingerprint density at radius 3 is 2.25 bits per heavy atom. The van der Waals surface area contributed by atoms with E-state index in [0.29, 0.717) is 10.9 Å². The molecule has 0 saturated carbocycles. The maximum Gasteiger partial charge on any atom is 0.233 e. The molecule has 0 bridgehead atoms. The molecule has 1 atom stereocenters. The van der Waals surface area contributed by atoms with Gasteiger partial charge in [-0.15, -0.1) is 0 Å². The molecule has 0 aliphatic carbocycles. The number of hydrogen-bond acceptors (Lipinski definition) is 2. The van der Waals surface area contributed by atoms with Crippen molar-refractivity contribution in [2.75, 3.05) is 0 Å². The van der Waals surface area contributed by atoms with E-state index in [1.54, 1.807) is 30.3 Å². The molecule has 3 nitrogen and oxygen atoms in total. The minimum Gasteiger partial charge on any atom is -0.507 e. The van der Waals surface area contributed by atoms with Crippen molar-refractivity contribution < 1.29 is 14.6 Å². The van der Waals surface area contributed by atoms with Gasteiger partial charge < -0.3 is 10.00 Å². The van der Waals surface area contributed by atoms with E-state index in [1.807, 2.05) is 39.8 Å². The number of phenols is 1. The van der Waals surface area contributed by atoms with Crippen LogP contribution in [-0.4, -0.2) is 10.00 Å². The van der Waals surface area contributed by atoms with E-state index in [2.05, 4.69) is 6.58 Å². The van der Waals surface area contributed by atoms with Crippen molar-refractivity contribution in [1.82, 2.24) is 0 Å². The topological polar surface area (TPSA) is 57.5 Å². The normalized spacial score (nSPS) is 14.2. The molecule has 0 fully saturated rings. The highest BCUT2D eigenvalue weighted by Gasteiger charge is 2.26. The van der Waals surface area contributed by atoms with Crippen LogP contribution in [0.15, 0.2) is 49.0 Å². The van der Waals surface area contributed by atoms with Crippen LogP contribution in [0.25, 0.3) is 5.57 Å². The highest BCUT2D eigenvalue weighted by molar-refractivity contribution is 7.65. The lowest BCUT2D eigenvalue weighted by Crippen LogP contribution is -2.13. The van der Waals surface area contributed by atoms with Gasteiger partial charge in [-0.25, -0.2) is 0 Å². The highest BCUT2D eigenvalue weighted by atomic mass is 31.2. The average Bonchev–Trinajstić information content (AvgIpc) is 2.48. The summed E-state index contributed by atoms with van der Waals surface area (Å²) in [5, 5.41) is 11.0. The second kappa shape index (κ2) is 6.58. The number of hydrogen-bond donors (Lipinski definition) is 2. The molecule has 128 valence electrons. The van der Waals surface area contributed by atoms with E-state index in [1.165, 1.54) is 0 Å². The quantitative estimate of drug-likeness (QED) is 0.782. The average molecular weight is 344 g/mol. The van der Waals surface area contributed by atoms with E-state index in [0.717, 1.165) is 16.7 Å². The van der Waals surface area contributed by atoms with Crippen molar-refractivity contribution in [3.8, 4) is 5.75 Å². The Bertz CT molecular complexity index is 802. The second-order valence-corrected chi connectivity index (χ2v) is 9.50. The molecule has 0 amide bonds. The van der Waals surface area contributed by atoms with Gasteiger partial charge in [0, 0.05) is 16.4 Å². The summed E-state index contributed by atoms with van der Waals surface area (Å²) in [6.07, 6.45) is 0.0284. The van der Waals surface area contributed by atoms with Crippen LogP contribution in [0.1, 0.15) is 44.4 Å². The lowest BCUT2D eigenvalue weighted by Gasteiger charge is -2.24. The molecular formula is C20H25O3P. The summed E-state index contributed by atoms with van der Waals surface area (Å²) in [6, 6.07) is 12.3. The van der Waals surface area contributed by atoms with Crippen LogP contribution in [0.4, 0.5) is 0 Å². The first-order chi connectivity index (χ1) is 11.0. The second-order valence-electron chi connectivity index (χ2n) is 7.27. The van der Waals surface area contributed by atoms with Gasteiger partial charge in [0.05, 0.1) is 6.16 Å². The number of phenolic OH excluding ortho intramolecular Hbond substituents is 1. The monoisotopic (exact) mass is 344 g/mol. The fraction of sp³-hybridized carbons (Fsp3) is 0.300. The number of rotatable bonds is 4. The summed E-state index contributed by atoms with van der Waals surface area (Å²) >= 11 is 0. The Morgan fingerprint density at radius 2 is 1.75 bits per heavy atom. The Balaban J connectivity index is 2.53. The van der Waals surface area contributed by atoms with E-state index < -0.39 is 7.37 Å². The molecule has 1 unspecified atom stereocenters. The third-order valence-electron chi connectivity index (χ3n) is 3.99. The SMILES string of the molecule is C=C(C)c1cc(CP(=O)(O)c2ccccc2)cc(C(C)(C)C)c1O. The number of benzene rings is 2. The zero-order valence-corrected chi connectivity index (χ0v) is 15.6. The van der Waals surface area contributed by atoms with Crippen molar-refractivity contribution in [2.24, 2.45) is 0 Å². The number of aromatic hydroxyl groups is 1. The molecule has 4 heteroatoms. The molecule has 0 saturated heterocycles. The molecule has 2 aromatic carbocycles. The first kappa shape index (κ1) is 18.5. The molecule has 0 heterocycles. The molecule has 0 spiro atoms. The number of allylic oxidation sites excluding steroid dienone is 1. The van der Waals surface area contributed by atoms with Crippen LogP contribution in [0.2, 0.25) is 0 Å². The Morgan fingerprint density at radius 1 is 1.17 bits per heavy atom. The molecule has 2 aromatic rings. The molecule has 2 N–H and O–H groups in total. The van der Waals surface area contributed by atoms with Gasteiger partial charge >= 0.3 is 0 Å². The van der Waals surface area contributed by atoms with Crippen LogP contribution in [0, 0.1) is 0 Å². The lowest BCUT2D eigenvalue weighted by molar-refractivity contribution is 0.444. The van der Waals surface area contributed by atoms with E-state index in [9.17, 15) is 14.6 Å². The van der Waals surface area contributed by atoms with Crippen molar-refractivity contribution in [1.29, 1.82) is 0 Å². The van der Waals surface area contributed by atoms with Crippen molar-refractivity contribution in [3.63, 3.8) is 0 Å². The lowest BCUT2D eigenvalue weighted by atomic mass is 9.83. The molecule has 0 radical (unpaired) electrons. The zero-order chi connectivity index (χ0) is 18.1. The smallest absolute Gasteiger partial charge is 0.233 e. The van der Waals surface area contributed by atoms with Crippen molar-refractivity contribution >= 4 is 18.2 Å². The van der Waals surface area contributed by atoms with Crippen LogP contribution < -0.4 is 5.30 Å². The third kappa shape index (κ3) is 3.98. The van der Waals surface area contributed by atoms with Crippen molar-refractivity contribution in [2.45, 2.75) is 39.3 Å².